The minimum Gasteiger partial charge on any atom is -0.487 e. The van der Waals surface area contributed by atoms with Gasteiger partial charge in [-0.15, -0.1) is 11.6 Å². The highest BCUT2D eigenvalue weighted by atomic mass is 35.5. The van der Waals surface area contributed by atoms with Crippen LogP contribution in [0.5, 0.6) is 5.75 Å². The van der Waals surface area contributed by atoms with E-state index in [2.05, 4.69) is 16.8 Å². The van der Waals surface area contributed by atoms with Gasteiger partial charge in [0, 0.05) is 11.8 Å². The van der Waals surface area contributed by atoms with Crippen LogP contribution in [0.25, 0.3) is 0 Å². The van der Waals surface area contributed by atoms with Crippen LogP contribution in [0, 0.1) is 18.8 Å². The molecule has 19 heavy (non-hydrogen) atoms. The molecule has 1 heterocycles. The number of rotatable bonds is 3. The molecule has 0 saturated carbocycles. The predicted molar refractivity (Wildman–Crippen MR) is 77.3 cm³/mol. The molecule has 0 N–H and O–H groups in total. The lowest BCUT2D eigenvalue weighted by Crippen LogP contribution is -1.98. The Balaban J connectivity index is 2.04. The Bertz CT molecular complexity index is 599. The fraction of sp³-hybridized carbons (Fsp3) is 0.188. The van der Waals surface area contributed by atoms with E-state index in [-0.39, 0.29) is 0 Å². The molecule has 0 aliphatic carbocycles. The molecule has 96 valence electrons. The quantitative estimate of drug-likeness (QED) is 0.629. The number of halogens is 1. The summed E-state index contributed by atoms with van der Waals surface area (Å²) in [6, 6.07) is 11.6. The molecule has 1 aromatic heterocycles. The molecule has 0 radical (unpaired) electrons. The molecule has 0 fully saturated rings. The van der Waals surface area contributed by atoms with Crippen molar-refractivity contribution < 1.29 is 4.74 Å². The van der Waals surface area contributed by atoms with Gasteiger partial charge in [0.05, 0.1) is 11.6 Å². The van der Waals surface area contributed by atoms with Crippen molar-refractivity contribution >= 4 is 11.6 Å². The second-order valence-corrected chi connectivity index (χ2v) is 4.29. The van der Waals surface area contributed by atoms with Crippen LogP contribution in [0.1, 0.15) is 16.8 Å². The minimum atomic E-state index is 0.345. The maximum Gasteiger partial charge on any atom is 0.130 e. The normalized spacial score (nSPS) is 9.58. The van der Waals surface area contributed by atoms with Crippen LogP contribution < -0.4 is 4.74 Å². The van der Waals surface area contributed by atoms with Gasteiger partial charge >= 0.3 is 0 Å². The number of aryl methyl sites for hydroxylation is 1. The van der Waals surface area contributed by atoms with Crippen molar-refractivity contribution in [1.82, 2.24) is 4.98 Å². The topological polar surface area (TPSA) is 22.1 Å². The lowest BCUT2D eigenvalue weighted by Gasteiger charge is -2.07. The van der Waals surface area contributed by atoms with Crippen LogP contribution in [0.15, 0.2) is 42.6 Å². The molecular formula is C16H14ClNO. The van der Waals surface area contributed by atoms with Crippen molar-refractivity contribution in [2.45, 2.75) is 13.5 Å². The summed E-state index contributed by atoms with van der Waals surface area (Å²) in [5.74, 6) is 7.02. The van der Waals surface area contributed by atoms with E-state index in [1.165, 1.54) is 0 Å². The molecule has 0 spiro atoms. The van der Waals surface area contributed by atoms with Crippen LogP contribution in [-0.2, 0) is 6.61 Å². The first-order chi connectivity index (χ1) is 9.29. The number of benzene rings is 1. The van der Waals surface area contributed by atoms with Crippen LogP contribution in [-0.4, -0.2) is 10.9 Å². The van der Waals surface area contributed by atoms with Gasteiger partial charge in [0.25, 0.3) is 0 Å². The first kappa shape index (κ1) is 13.5. The summed E-state index contributed by atoms with van der Waals surface area (Å²) in [6.07, 6.45) is 1.76. The molecule has 3 heteroatoms. The standard InChI is InChI=1S/C16H14ClNO/c1-13-11-16(8-7-14(13)5-4-9-17)19-12-15-6-2-3-10-18-15/h2-3,6-8,10-11H,9,12H2,1H3. The van der Waals surface area contributed by atoms with Gasteiger partial charge in [-0.25, -0.2) is 0 Å². The molecule has 0 atom stereocenters. The van der Waals surface area contributed by atoms with Crippen molar-refractivity contribution in [2.75, 3.05) is 5.88 Å². The van der Waals surface area contributed by atoms with E-state index in [0.29, 0.717) is 12.5 Å². The van der Waals surface area contributed by atoms with Crippen LogP contribution in [0.4, 0.5) is 0 Å². The van der Waals surface area contributed by atoms with E-state index < -0.39 is 0 Å². The summed E-state index contributed by atoms with van der Waals surface area (Å²) in [7, 11) is 0. The van der Waals surface area contributed by atoms with Crippen molar-refractivity contribution in [3.63, 3.8) is 0 Å². The van der Waals surface area contributed by atoms with Gasteiger partial charge in [0.15, 0.2) is 0 Å². The maximum absolute atomic E-state index is 5.70. The lowest BCUT2D eigenvalue weighted by atomic mass is 10.1. The molecule has 0 saturated heterocycles. The molecule has 0 unspecified atom stereocenters. The highest BCUT2D eigenvalue weighted by Gasteiger charge is 2.00. The zero-order chi connectivity index (χ0) is 13.5. The molecule has 1 aromatic carbocycles. The number of nitrogens with zero attached hydrogens (tertiary/aromatic N) is 1. The van der Waals surface area contributed by atoms with Crippen molar-refractivity contribution in [3.8, 4) is 17.6 Å². The zero-order valence-electron chi connectivity index (χ0n) is 10.7. The van der Waals surface area contributed by atoms with E-state index in [0.717, 1.165) is 22.6 Å². The lowest BCUT2D eigenvalue weighted by molar-refractivity contribution is 0.301. The molecular weight excluding hydrogens is 258 g/mol. The molecule has 0 bridgehead atoms. The molecule has 2 aromatic rings. The SMILES string of the molecule is Cc1cc(OCc2ccccn2)ccc1C#CCCl. The van der Waals surface area contributed by atoms with Crippen LogP contribution in [0.2, 0.25) is 0 Å². The van der Waals surface area contributed by atoms with E-state index in [4.69, 9.17) is 16.3 Å². The van der Waals surface area contributed by atoms with Gasteiger partial charge in [0.1, 0.15) is 12.4 Å². The first-order valence-electron chi connectivity index (χ1n) is 5.98. The van der Waals surface area contributed by atoms with Gasteiger partial charge in [-0.05, 0) is 42.8 Å². The zero-order valence-corrected chi connectivity index (χ0v) is 11.4. The number of ether oxygens (including phenoxy) is 1. The second-order valence-electron chi connectivity index (χ2n) is 4.02. The largest absolute Gasteiger partial charge is 0.487 e. The Kier molecular flexibility index (Phi) is 4.83. The summed E-state index contributed by atoms with van der Waals surface area (Å²) in [6.45, 7) is 2.47. The Morgan fingerprint density at radius 1 is 1.26 bits per heavy atom. The van der Waals surface area contributed by atoms with Gasteiger partial charge in [-0.2, -0.15) is 0 Å². The molecule has 2 rings (SSSR count). The highest BCUT2D eigenvalue weighted by molar-refractivity contribution is 6.19. The van der Waals surface area contributed by atoms with Crippen molar-refractivity contribution in [2.24, 2.45) is 0 Å². The van der Waals surface area contributed by atoms with E-state index in [1.807, 2.05) is 43.3 Å². The number of hydrogen-bond acceptors (Lipinski definition) is 2. The predicted octanol–water partition coefficient (Wildman–Crippen LogP) is 3.56. The third-order valence-electron chi connectivity index (χ3n) is 2.60. The summed E-state index contributed by atoms with van der Waals surface area (Å²) in [5, 5.41) is 0. The molecule has 0 amide bonds. The molecule has 0 aliphatic rings. The fourth-order valence-corrected chi connectivity index (χ4v) is 1.70. The van der Waals surface area contributed by atoms with Crippen LogP contribution >= 0.6 is 11.6 Å². The first-order valence-corrected chi connectivity index (χ1v) is 6.51. The number of pyridine rings is 1. The maximum atomic E-state index is 5.70. The third kappa shape index (κ3) is 4.01. The van der Waals surface area contributed by atoms with Gasteiger partial charge in [-0.3, -0.25) is 4.98 Å². The molecule has 0 aliphatic heterocycles. The summed E-state index contributed by atoms with van der Waals surface area (Å²) in [4.78, 5) is 4.21. The summed E-state index contributed by atoms with van der Waals surface area (Å²) in [5.41, 5.74) is 2.97. The average molecular weight is 272 g/mol. The summed E-state index contributed by atoms with van der Waals surface area (Å²) >= 11 is 5.55. The Labute approximate surface area is 118 Å². The van der Waals surface area contributed by atoms with Gasteiger partial charge < -0.3 is 4.74 Å². The monoisotopic (exact) mass is 271 g/mol. The Morgan fingerprint density at radius 3 is 2.84 bits per heavy atom. The average Bonchev–Trinajstić information content (AvgIpc) is 2.45. The van der Waals surface area contributed by atoms with Gasteiger partial charge in [-0.1, -0.05) is 17.9 Å². The van der Waals surface area contributed by atoms with E-state index >= 15 is 0 Å². The second kappa shape index (κ2) is 6.82. The fourth-order valence-electron chi connectivity index (χ4n) is 1.64. The highest BCUT2D eigenvalue weighted by Crippen LogP contribution is 2.17. The Hall–Kier alpha value is -1.98. The Morgan fingerprint density at radius 2 is 2.16 bits per heavy atom. The van der Waals surface area contributed by atoms with Crippen LogP contribution in [0.3, 0.4) is 0 Å². The number of alkyl halides is 1. The molecule has 2 nitrogen and oxygen atoms in total. The van der Waals surface area contributed by atoms with E-state index in [9.17, 15) is 0 Å². The van der Waals surface area contributed by atoms with Gasteiger partial charge in [0.2, 0.25) is 0 Å². The third-order valence-corrected chi connectivity index (χ3v) is 2.73. The van der Waals surface area contributed by atoms with E-state index in [1.54, 1.807) is 6.20 Å². The minimum absolute atomic E-state index is 0.345. The smallest absolute Gasteiger partial charge is 0.130 e. The number of aromatic nitrogens is 1. The number of hydrogen-bond donors (Lipinski definition) is 0. The summed E-state index contributed by atoms with van der Waals surface area (Å²) < 4.78 is 5.70. The van der Waals surface area contributed by atoms with Crippen molar-refractivity contribution in [3.05, 3.63) is 59.4 Å². The van der Waals surface area contributed by atoms with Crippen molar-refractivity contribution in [1.29, 1.82) is 0 Å².